The van der Waals surface area contributed by atoms with Gasteiger partial charge in [-0.2, -0.15) is 0 Å². The van der Waals surface area contributed by atoms with E-state index in [2.05, 4.69) is 57.0 Å². The zero-order chi connectivity index (χ0) is 20.9. The highest BCUT2D eigenvalue weighted by Crippen LogP contribution is 2.40. The Bertz CT molecular complexity index is 1020. The molecule has 0 bridgehead atoms. The number of aromatic amines is 1. The molecule has 0 saturated heterocycles. The molecule has 0 aliphatic heterocycles. The number of aromatic nitrogens is 1. The Morgan fingerprint density at radius 2 is 1.94 bits per heavy atom. The second kappa shape index (κ2) is 10.7. The Morgan fingerprint density at radius 1 is 1.13 bits per heavy atom. The summed E-state index contributed by atoms with van der Waals surface area (Å²) in [5, 5.41) is 8.06. The van der Waals surface area contributed by atoms with Gasteiger partial charge in [0.2, 0.25) is 0 Å². The van der Waals surface area contributed by atoms with Crippen LogP contribution in [0, 0.1) is 0 Å². The number of nitrogens with one attached hydrogen (secondary N) is 3. The van der Waals surface area contributed by atoms with E-state index in [1.807, 2.05) is 19.2 Å². The molecule has 1 saturated carbocycles. The first-order valence-electron chi connectivity index (χ1n) is 10.5. The summed E-state index contributed by atoms with van der Waals surface area (Å²) in [6, 6.07) is 17.2. The summed E-state index contributed by atoms with van der Waals surface area (Å²) in [6.07, 6.45) is 3.10. The predicted molar refractivity (Wildman–Crippen MR) is 137 cm³/mol. The third-order valence-corrected chi connectivity index (χ3v) is 5.66. The van der Waals surface area contributed by atoms with Crippen LogP contribution in [0.3, 0.4) is 0 Å². The van der Waals surface area contributed by atoms with Gasteiger partial charge in [0.15, 0.2) is 5.96 Å². The first-order chi connectivity index (χ1) is 14.7. The van der Waals surface area contributed by atoms with Gasteiger partial charge in [-0.05, 0) is 30.9 Å². The highest BCUT2D eigenvalue weighted by Gasteiger charge is 2.38. The van der Waals surface area contributed by atoms with Gasteiger partial charge in [0.25, 0.3) is 0 Å². The number of benzene rings is 2. The van der Waals surface area contributed by atoms with Crippen molar-refractivity contribution in [1.82, 2.24) is 15.6 Å². The third-order valence-electron chi connectivity index (χ3n) is 5.66. The highest BCUT2D eigenvalue weighted by molar-refractivity contribution is 14.0. The van der Waals surface area contributed by atoms with E-state index < -0.39 is 0 Å². The number of H-pyrrole nitrogens is 1. The number of aliphatic imine (C=N–C) groups is 1. The second-order valence-corrected chi connectivity index (χ2v) is 7.69. The van der Waals surface area contributed by atoms with E-state index in [4.69, 9.17) is 9.47 Å². The van der Waals surface area contributed by atoms with Crippen molar-refractivity contribution in [3.05, 3.63) is 59.8 Å². The van der Waals surface area contributed by atoms with Crippen LogP contribution in [-0.4, -0.2) is 44.8 Å². The van der Waals surface area contributed by atoms with Crippen molar-refractivity contribution in [2.24, 2.45) is 4.99 Å². The van der Waals surface area contributed by atoms with E-state index in [1.165, 1.54) is 11.3 Å². The molecule has 31 heavy (non-hydrogen) atoms. The van der Waals surface area contributed by atoms with E-state index in [-0.39, 0.29) is 24.0 Å². The fraction of sp³-hybridized carbons (Fsp3) is 0.375. The topological polar surface area (TPSA) is 70.7 Å². The van der Waals surface area contributed by atoms with Crippen LogP contribution in [-0.2, 0) is 6.42 Å². The number of rotatable bonds is 8. The fourth-order valence-corrected chi connectivity index (χ4v) is 3.94. The van der Waals surface area contributed by atoms with Crippen LogP contribution in [0.25, 0.3) is 10.9 Å². The minimum atomic E-state index is 0. The SMILES string of the molecule is CN=C(NCCCc1cc2c(OC)cc(OC)cc2[nH]1)NC1CC1c1ccccc1.I. The molecule has 1 heterocycles. The van der Waals surface area contributed by atoms with Crippen molar-refractivity contribution in [2.45, 2.75) is 31.2 Å². The van der Waals surface area contributed by atoms with Crippen LogP contribution in [0.4, 0.5) is 0 Å². The molecule has 4 rings (SSSR count). The molecule has 3 N–H and O–H groups in total. The lowest BCUT2D eigenvalue weighted by Gasteiger charge is -2.11. The maximum Gasteiger partial charge on any atom is 0.191 e. The average molecular weight is 534 g/mol. The zero-order valence-corrected chi connectivity index (χ0v) is 20.6. The van der Waals surface area contributed by atoms with E-state index in [0.717, 1.165) is 54.2 Å². The summed E-state index contributed by atoms with van der Waals surface area (Å²) < 4.78 is 10.9. The lowest BCUT2D eigenvalue weighted by Crippen LogP contribution is -2.39. The molecule has 0 amide bonds. The first kappa shape index (κ1) is 23.2. The monoisotopic (exact) mass is 534 g/mol. The molecule has 6 nitrogen and oxygen atoms in total. The number of methoxy groups -OCH3 is 2. The fourth-order valence-electron chi connectivity index (χ4n) is 3.94. The number of hydrogen-bond donors (Lipinski definition) is 3. The number of fused-ring (bicyclic) bond motifs is 1. The number of guanidine groups is 1. The second-order valence-electron chi connectivity index (χ2n) is 7.69. The summed E-state index contributed by atoms with van der Waals surface area (Å²) in [4.78, 5) is 7.85. The summed E-state index contributed by atoms with van der Waals surface area (Å²) in [6.45, 7) is 0.859. The largest absolute Gasteiger partial charge is 0.497 e. The Morgan fingerprint density at radius 3 is 2.65 bits per heavy atom. The van der Waals surface area contributed by atoms with Crippen molar-refractivity contribution in [1.29, 1.82) is 0 Å². The third kappa shape index (κ3) is 5.64. The van der Waals surface area contributed by atoms with Gasteiger partial charge in [0.1, 0.15) is 11.5 Å². The first-order valence-corrected chi connectivity index (χ1v) is 10.5. The van der Waals surface area contributed by atoms with Gasteiger partial charge < -0.3 is 25.1 Å². The molecule has 2 atom stereocenters. The lowest BCUT2D eigenvalue weighted by atomic mass is 10.1. The Labute approximate surface area is 200 Å². The minimum Gasteiger partial charge on any atom is -0.497 e. The van der Waals surface area contributed by atoms with Gasteiger partial charge in [-0.25, -0.2) is 0 Å². The quantitative estimate of drug-likeness (QED) is 0.173. The summed E-state index contributed by atoms with van der Waals surface area (Å²) in [5.74, 6) is 3.08. The molecule has 3 aromatic rings. The van der Waals surface area contributed by atoms with Crippen molar-refractivity contribution in [3.8, 4) is 11.5 Å². The summed E-state index contributed by atoms with van der Waals surface area (Å²) in [7, 11) is 5.18. The standard InChI is InChI=1S/C24H30N4O2.HI/c1-25-24(28-22-15-19(22)16-8-5-4-6-9-16)26-11-7-10-17-12-20-21(27-17)13-18(29-2)14-23(20)30-3;/h4-6,8-9,12-14,19,22,27H,7,10-11,15H2,1-3H3,(H2,25,26,28);1H. The Balaban J connectivity index is 0.00000272. The van der Waals surface area contributed by atoms with Gasteiger partial charge in [-0.1, -0.05) is 30.3 Å². The van der Waals surface area contributed by atoms with Gasteiger partial charge in [-0.15, -0.1) is 24.0 Å². The number of aryl methyl sites for hydroxylation is 1. The molecule has 1 aliphatic carbocycles. The molecular formula is C24H31IN4O2. The van der Waals surface area contributed by atoms with Crippen LogP contribution in [0.5, 0.6) is 11.5 Å². The van der Waals surface area contributed by atoms with E-state index in [0.29, 0.717) is 12.0 Å². The molecule has 0 radical (unpaired) electrons. The number of ether oxygens (including phenoxy) is 2. The van der Waals surface area contributed by atoms with Crippen LogP contribution < -0.4 is 20.1 Å². The highest BCUT2D eigenvalue weighted by atomic mass is 127. The van der Waals surface area contributed by atoms with Gasteiger partial charge in [0, 0.05) is 48.8 Å². The maximum absolute atomic E-state index is 5.50. The molecular weight excluding hydrogens is 503 g/mol. The van der Waals surface area contributed by atoms with E-state index in [9.17, 15) is 0 Å². The molecule has 166 valence electrons. The lowest BCUT2D eigenvalue weighted by molar-refractivity contribution is 0.398. The number of halogens is 1. The molecule has 7 heteroatoms. The summed E-state index contributed by atoms with van der Waals surface area (Å²) >= 11 is 0. The normalized spacial score (nSPS) is 17.7. The molecule has 2 unspecified atom stereocenters. The Hall–Kier alpha value is -2.42. The Kier molecular flexibility index (Phi) is 8.06. The van der Waals surface area contributed by atoms with E-state index in [1.54, 1.807) is 14.2 Å². The zero-order valence-electron chi connectivity index (χ0n) is 18.3. The van der Waals surface area contributed by atoms with Gasteiger partial charge >= 0.3 is 0 Å². The van der Waals surface area contributed by atoms with Crippen molar-refractivity contribution >= 4 is 40.8 Å². The minimum absolute atomic E-state index is 0. The molecule has 1 fully saturated rings. The van der Waals surface area contributed by atoms with Crippen molar-refractivity contribution in [3.63, 3.8) is 0 Å². The molecule has 1 aromatic heterocycles. The summed E-state index contributed by atoms with van der Waals surface area (Å²) in [5.41, 5.74) is 3.62. The van der Waals surface area contributed by atoms with Crippen LogP contribution >= 0.6 is 24.0 Å². The number of nitrogens with zero attached hydrogens (tertiary/aromatic N) is 1. The van der Waals surface area contributed by atoms with Gasteiger partial charge in [-0.3, -0.25) is 4.99 Å². The van der Waals surface area contributed by atoms with Crippen molar-refractivity contribution in [2.75, 3.05) is 27.8 Å². The molecule has 2 aromatic carbocycles. The van der Waals surface area contributed by atoms with Crippen LogP contribution in [0.15, 0.2) is 53.5 Å². The van der Waals surface area contributed by atoms with Crippen LogP contribution in [0.2, 0.25) is 0 Å². The van der Waals surface area contributed by atoms with E-state index >= 15 is 0 Å². The molecule has 0 spiro atoms. The average Bonchev–Trinajstić information content (AvgIpc) is 3.43. The van der Waals surface area contributed by atoms with Crippen molar-refractivity contribution < 1.29 is 9.47 Å². The molecule has 1 aliphatic rings. The number of hydrogen-bond acceptors (Lipinski definition) is 3. The smallest absolute Gasteiger partial charge is 0.191 e. The van der Waals surface area contributed by atoms with Crippen LogP contribution in [0.1, 0.15) is 30.0 Å². The maximum atomic E-state index is 5.50. The van der Waals surface area contributed by atoms with Gasteiger partial charge in [0.05, 0.1) is 19.7 Å². The predicted octanol–water partition coefficient (Wildman–Crippen LogP) is 4.46.